The molecule has 0 aromatic carbocycles. The monoisotopic (exact) mass is 191 g/mol. The van der Waals surface area contributed by atoms with Crippen molar-refractivity contribution in [2.75, 3.05) is 0 Å². The van der Waals surface area contributed by atoms with Crippen molar-refractivity contribution in [1.29, 1.82) is 0 Å². The molecule has 0 saturated heterocycles. The molecule has 0 amide bonds. The van der Waals surface area contributed by atoms with Gasteiger partial charge in [-0.2, -0.15) is 0 Å². The van der Waals surface area contributed by atoms with Crippen molar-refractivity contribution in [1.82, 2.24) is 9.38 Å². The van der Waals surface area contributed by atoms with Crippen molar-refractivity contribution < 1.29 is 5.11 Å². The molecule has 0 spiro atoms. The van der Waals surface area contributed by atoms with E-state index in [-0.39, 0.29) is 23.5 Å². The summed E-state index contributed by atoms with van der Waals surface area (Å²) in [7, 11) is 0. The van der Waals surface area contributed by atoms with Crippen LogP contribution in [0.2, 0.25) is 0 Å². The SMILES string of the molecule is NCc1cc(=O)n2cccc(O)c2n1. The van der Waals surface area contributed by atoms with E-state index in [4.69, 9.17) is 5.73 Å². The highest BCUT2D eigenvalue weighted by atomic mass is 16.3. The van der Waals surface area contributed by atoms with Crippen molar-refractivity contribution in [3.63, 3.8) is 0 Å². The molecular formula is C9H9N3O2. The van der Waals surface area contributed by atoms with Crippen LogP contribution in [0.3, 0.4) is 0 Å². The van der Waals surface area contributed by atoms with Gasteiger partial charge in [-0.15, -0.1) is 0 Å². The van der Waals surface area contributed by atoms with Crippen LogP contribution >= 0.6 is 0 Å². The second-order valence-corrected chi connectivity index (χ2v) is 2.88. The third-order valence-electron chi connectivity index (χ3n) is 1.93. The van der Waals surface area contributed by atoms with E-state index in [0.29, 0.717) is 5.69 Å². The molecule has 2 rings (SSSR count). The molecule has 0 fully saturated rings. The minimum atomic E-state index is -0.244. The highest BCUT2D eigenvalue weighted by molar-refractivity contribution is 5.52. The van der Waals surface area contributed by atoms with Crippen molar-refractivity contribution in [2.24, 2.45) is 5.73 Å². The topological polar surface area (TPSA) is 80.6 Å². The number of aromatic nitrogens is 2. The third kappa shape index (κ3) is 1.23. The van der Waals surface area contributed by atoms with Crippen LogP contribution in [-0.2, 0) is 6.54 Å². The van der Waals surface area contributed by atoms with Crippen molar-refractivity contribution in [3.8, 4) is 5.75 Å². The van der Waals surface area contributed by atoms with E-state index in [9.17, 15) is 9.90 Å². The summed E-state index contributed by atoms with van der Waals surface area (Å²) in [4.78, 5) is 15.5. The number of hydrogen-bond donors (Lipinski definition) is 2. The van der Waals surface area contributed by atoms with E-state index in [2.05, 4.69) is 4.98 Å². The van der Waals surface area contributed by atoms with Crippen LogP contribution < -0.4 is 11.3 Å². The number of rotatable bonds is 1. The predicted octanol–water partition coefficient (Wildman–Crippen LogP) is -0.141. The quantitative estimate of drug-likeness (QED) is 0.657. The van der Waals surface area contributed by atoms with Crippen molar-refractivity contribution in [2.45, 2.75) is 6.54 Å². The van der Waals surface area contributed by atoms with Crippen molar-refractivity contribution >= 4 is 5.65 Å². The molecule has 0 saturated carbocycles. The summed E-state index contributed by atoms with van der Waals surface area (Å²) in [6.45, 7) is 0.181. The van der Waals surface area contributed by atoms with E-state index in [0.717, 1.165) is 0 Å². The Bertz CT molecular complexity index is 533. The summed E-state index contributed by atoms with van der Waals surface area (Å²) in [5.74, 6) is -0.0279. The summed E-state index contributed by atoms with van der Waals surface area (Å²) in [5.41, 5.74) is 5.83. The fraction of sp³-hybridized carbons (Fsp3) is 0.111. The normalized spacial score (nSPS) is 10.6. The lowest BCUT2D eigenvalue weighted by Crippen LogP contribution is -2.16. The first-order valence-electron chi connectivity index (χ1n) is 4.12. The minimum absolute atomic E-state index is 0.0279. The summed E-state index contributed by atoms with van der Waals surface area (Å²) >= 11 is 0. The number of pyridine rings is 1. The number of hydrogen-bond acceptors (Lipinski definition) is 4. The molecule has 2 aromatic rings. The number of fused-ring (bicyclic) bond motifs is 1. The Labute approximate surface area is 79.4 Å². The molecule has 0 aliphatic rings. The maximum atomic E-state index is 11.5. The summed E-state index contributed by atoms with van der Waals surface area (Å²) in [6.07, 6.45) is 1.55. The molecular weight excluding hydrogens is 182 g/mol. The van der Waals surface area contributed by atoms with Crippen LogP contribution in [0.4, 0.5) is 0 Å². The maximum absolute atomic E-state index is 11.5. The van der Waals surface area contributed by atoms with E-state index in [1.165, 1.54) is 16.5 Å². The Morgan fingerprint density at radius 3 is 3.07 bits per heavy atom. The molecule has 2 heterocycles. The number of aromatic hydroxyl groups is 1. The zero-order valence-corrected chi connectivity index (χ0v) is 7.34. The van der Waals surface area contributed by atoms with Crippen LogP contribution in [0.1, 0.15) is 5.69 Å². The van der Waals surface area contributed by atoms with Gasteiger partial charge in [-0.25, -0.2) is 4.98 Å². The van der Waals surface area contributed by atoms with Crippen molar-refractivity contribution in [3.05, 3.63) is 40.4 Å². The molecule has 3 N–H and O–H groups in total. The molecule has 14 heavy (non-hydrogen) atoms. The largest absolute Gasteiger partial charge is 0.504 e. The molecule has 0 aliphatic carbocycles. The summed E-state index contributed by atoms with van der Waals surface area (Å²) < 4.78 is 1.27. The van der Waals surface area contributed by atoms with Crippen LogP contribution in [0.5, 0.6) is 5.75 Å². The second-order valence-electron chi connectivity index (χ2n) is 2.88. The molecule has 0 unspecified atom stereocenters. The lowest BCUT2D eigenvalue weighted by molar-refractivity contribution is 0.476. The average molecular weight is 191 g/mol. The summed E-state index contributed by atoms with van der Waals surface area (Å²) in [5, 5.41) is 9.45. The van der Waals surface area contributed by atoms with E-state index >= 15 is 0 Å². The van der Waals surface area contributed by atoms with Gasteiger partial charge in [0, 0.05) is 18.8 Å². The number of nitrogens with two attached hydrogens (primary N) is 1. The van der Waals surface area contributed by atoms with Gasteiger partial charge in [0.1, 0.15) is 0 Å². The Kier molecular flexibility index (Phi) is 1.94. The minimum Gasteiger partial charge on any atom is -0.504 e. The molecule has 5 heteroatoms. The van der Waals surface area contributed by atoms with Gasteiger partial charge in [-0.3, -0.25) is 9.20 Å². The second kappa shape index (κ2) is 3.12. The third-order valence-corrected chi connectivity index (χ3v) is 1.93. The standard InChI is InChI=1S/C9H9N3O2/c10-5-6-4-8(14)12-3-1-2-7(13)9(12)11-6/h1-4,13H,5,10H2. The van der Waals surface area contributed by atoms with Gasteiger partial charge in [0.2, 0.25) is 0 Å². The highest BCUT2D eigenvalue weighted by Crippen LogP contribution is 2.13. The highest BCUT2D eigenvalue weighted by Gasteiger charge is 2.03. The van der Waals surface area contributed by atoms with Gasteiger partial charge in [0.15, 0.2) is 11.4 Å². The fourth-order valence-electron chi connectivity index (χ4n) is 1.26. The van der Waals surface area contributed by atoms with Gasteiger partial charge in [-0.05, 0) is 12.1 Å². The Morgan fingerprint density at radius 2 is 2.36 bits per heavy atom. The smallest absolute Gasteiger partial charge is 0.258 e. The van der Waals surface area contributed by atoms with Gasteiger partial charge in [-0.1, -0.05) is 0 Å². The van der Waals surface area contributed by atoms with Gasteiger partial charge < -0.3 is 10.8 Å². The molecule has 72 valence electrons. The van der Waals surface area contributed by atoms with Crippen LogP contribution in [-0.4, -0.2) is 14.5 Å². The Balaban J connectivity index is 2.91. The average Bonchev–Trinajstić information content (AvgIpc) is 2.19. The molecule has 0 atom stereocenters. The predicted molar refractivity (Wildman–Crippen MR) is 51.0 cm³/mol. The molecule has 2 aromatic heterocycles. The van der Waals surface area contributed by atoms with Crippen LogP contribution in [0, 0.1) is 0 Å². The molecule has 0 radical (unpaired) electrons. The zero-order chi connectivity index (χ0) is 10.1. The molecule has 5 nitrogen and oxygen atoms in total. The first-order valence-corrected chi connectivity index (χ1v) is 4.12. The lowest BCUT2D eigenvalue weighted by Gasteiger charge is -2.02. The van der Waals surface area contributed by atoms with Gasteiger partial charge >= 0.3 is 0 Å². The molecule has 0 bridgehead atoms. The van der Waals surface area contributed by atoms with E-state index in [1.54, 1.807) is 12.3 Å². The van der Waals surface area contributed by atoms with Crippen LogP contribution in [0.15, 0.2) is 29.2 Å². The van der Waals surface area contributed by atoms with Gasteiger partial charge in [0.25, 0.3) is 5.56 Å². The zero-order valence-electron chi connectivity index (χ0n) is 7.34. The first-order chi connectivity index (χ1) is 6.72. The lowest BCUT2D eigenvalue weighted by atomic mass is 10.3. The molecule has 0 aliphatic heterocycles. The Morgan fingerprint density at radius 1 is 1.57 bits per heavy atom. The Hall–Kier alpha value is -1.88. The summed E-state index contributed by atoms with van der Waals surface area (Å²) in [6, 6.07) is 4.40. The number of nitrogens with zero attached hydrogens (tertiary/aromatic N) is 2. The fourth-order valence-corrected chi connectivity index (χ4v) is 1.26. The van der Waals surface area contributed by atoms with E-state index in [1.807, 2.05) is 0 Å². The van der Waals surface area contributed by atoms with Gasteiger partial charge in [0.05, 0.1) is 5.69 Å². The maximum Gasteiger partial charge on any atom is 0.258 e. The first kappa shape index (κ1) is 8.71. The van der Waals surface area contributed by atoms with Crippen LogP contribution in [0.25, 0.3) is 5.65 Å². The van der Waals surface area contributed by atoms with E-state index < -0.39 is 0 Å².